The molecule has 0 aromatic carbocycles. The number of hydrogen-bond donors (Lipinski definition) is 2. The van der Waals surface area contributed by atoms with Gasteiger partial charge in [-0.2, -0.15) is 0 Å². The molecule has 5 heteroatoms. The molecule has 3 N–H and O–H groups in total. The zero-order valence-electron chi connectivity index (χ0n) is 16.0. The van der Waals surface area contributed by atoms with E-state index in [1.807, 2.05) is 0 Å². The molecule has 0 bridgehead atoms. The molecule has 0 spiro atoms. The van der Waals surface area contributed by atoms with Crippen LogP contribution in [0.15, 0.2) is 4.99 Å². The highest BCUT2D eigenvalue weighted by Crippen LogP contribution is 2.15. The lowest BCUT2D eigenvalue weighted by atomic mass is 10.0. The van der Waals surface area contributed by atoms with Gasteiger partial charge in [-0.1, -0.05) is 34.6 Å². The quantitative estimate of drug-likeness (QED) is 0.477. The number of nitrogens with zero attached hydrogens (tertiary/aromatic N) is 3. The lowest BCUT2D eigenvalue weighted by Crippen LogP contribution is -2.44. The Morgan fingerprint density at radius 3 is 2.57 bits per heavy atom. The molecule has 2 unspecified atom stereocenters. The van der Waals surface area contributed by atoms with Crippen LogP contribution in [-0.2, 0) is 0 Å². The molecule has 1 rings (SSSR count). The summed E-state index contributed by atoms with van der Waals surface area (Å²) in [6.07, 6.45) is 3.74. The fraction of sp³-hybridized carbons (Fsp3) is 0.944. The summed E-state index contributed by atoms with van der Waals surface area (Å²) in [6, 6.07) is 1.10. The molecule has 23 heavy (non-hydrogen) atoms. The molecule has 1 saturated heterocycles. The highest BCUT2D eigenvalue weighted by atomic mass is 15.2. The lowest BCUT2D eigenvalue weighted by molar-refractivity contribution is 0.196. The van der Waals surface area contributed by atoms with Crippen LogP contribution in [0.3, 0.4) is 0 Å². The van der Waals surface area contributed by atoms with E-state index >= 15 is 0 Å². The molecule has 0 amide bonds. The Morgan fingerprint density at radius 1 is 1.30 bits per heavy atom. The molecule has 136 valence electrons. The van der Waals surface area contributed by atoms with Gasteiger partial charge in [0.15, 0.2) is 5.96 Å². The lowest BCUT2D eigenvalue weighted by Gasteiger charge is -2.30. The Morgan fingerprint density at radius 2 is 2.00 bits per heavy atom. The maximum Gasteiger partial charge on any atom is 0.188 e. The second kappa shape index (κ2) is 10.9. The fourth-order valence-electron chi connectivity index (χ4n) is 3.65. The van der Waals surface area contributed by atoms with Gasteiger partial charge >= 0.3 is 0 Å². The molecular weight excluding hydrogens is 286 g/mol. The minimum Gasteiger partial charge on any atom is -0.370 e. The van der Waals surface area contributed by atoms with Crippen LogP contribution in [0.4, 0.5) is 0 Å². The molecule has 0 aliphatic carbocycles. The van der Waals surface area contributed by atoms with Crippen molar-refractivity contribution in [3.05, 3.63) is 0 Å². The van der Waals surface area contributed by atoms with Crippen LogP contribution in [0.2, 0.25) is 0 Å². The number of rotatable bonds is 10. The van der Waals surface area contributed by atoms with E-state index < -0.39 is 0 Å². The monoisotopic (exact) mass is 325 g/mol. The smallest absolute Gasteiger partial charge is 0.188 e. The van der Waals surface area contributed by atoms with E-state index in [1.165, 1.54) is 25.8 Å². The normalized spacial score (nSPS) is 21.3. The predicted molar refractivity (Wildman–Crippen MR) is 101 cm³/mol. The number of nitrogens with two attached hydrogens (primary N) is 1. The number of guanidine groups is 1. The van der Waals surface area contributed by atoms with Gasteiger partial charge in [0.05, 0.1) is 6.54 Å². The Labute approximate surface area is 143 Å². The summed E-state index contributed by atoms with van der Waals surface area (Å²) in [5, 5.41) is 3.34. The number of nitrogens with one attached hydrogen (secondary N) is 1. The standard InChI is InChI=1S/C18H39N5/c1-6-22(7-2)17(12-15(4)5)14-21-18(19)20-13-16-10-9-11-23(16)8-3/h15-17H,6-14H2,1-5H3,(H3,19,20,21). The molecule has 1 aliphatic heterocycles. The molecule has 5 nitrogen and oxygen atoms in total. The third-order valence-corrected chi connectivity index (χ3v) is 4.97. The van der Waals surface area contributed by atoms with Gasteiger partial charge in [0.25, 0.3) is 0 Å². The van der Waals surface area contributed by atoms with Crippen molar-refractivity contribution in [2.45, 2.75) is 66.0 Å². The van der Waals surface area contributed by atoms with E-state index in [-0.39, 0.29) is 0 Å². The van der Waals surface area contributed by atoms with Crippen molar-refractivity contribution in [2.24, 2.45) is 16.6 Å². The molecule has 1 aliphatic rings. The van der Waals surface area contributed by atoms with Crippen LogP contribution in [0.5, 0.6) is 0 Å². The van der Waals surface area contributed by atoms with Crippen molar-refractivity contribution in [1.82, 2.24) is 15.1 Å². The average Bonchev–Trinajstić information content (AvgIpc) is 2.98. The predicted octanol–water partition coefficient (Wildman–Crippen LogP) is 2.13. The molecule has 0 aromatic heterocycles. The summed E-state index contributed by atoms with van der Waals surface area (Å²) in [4.78, 5) is 9.65. The molecule has 0 radical (unpaired) electrons. The first-order valence-corrected chi connectivity index (χ1v) is 9.53. The first-order valence-electron chi connectivity index (χ1n) is 9.53. The van der Waals surface area contributed by atoms with Gasteiger partial charge < -0.3 is 11.1 Å². The van der Waals surface area contributed by atoms with Crippen LogP contribution < -0.4 is 11.1 Å². The second-order valence-corrected chi connectivity index (χ2v) is 7.04. The second-order valence-electron chi connectivity index (χ2n) is 7.04. The van der Waals surface area contributed by atoms with E-state index in [9.17, 15) is 0 Å². The summed E-state index contributed by atoms with van der Waals surface area (Å²) in [7, 11) is 0. The van der Waals surface area contributed by atoms with Crippen LogP contribution in [-0.4, -0.2) is 67.1 Å². The number of aliphatic imine (C=N–C) groups is 1. The summed E-state index contributed by atoms with van der Waals surface area (Å²) in [6.45, 7) is 17.4. The average molecular weight is 326 g/mol. The Kier molecular flexibility index (Phi) is 9.56. The zero-order chi connectivity index (χ0) is 17.2. The third kappa shape index (κ3) is 7.08. The van der Waals surface area contributed by atoms with Crippen LogP contribution in [0.25, 0.3) is 0 Å². The topological polar surface area (TPSA) is 56.9 Å². The van der Waals surface area contributed by atoms with Gasteiger partial charge in [-0.3, -0.25) is 14.8 Å². The first-order chi connectivity index (χ1) is 11.0. The summed E-state index contributed by atoms with van der Waals surface area (Å²) in [5.41, 5.74) is 6.10. The van der Waals surface area contributed by atoms with Crippen LogP contribution in [0.1, 0.15) is 53.9 Å². The number of likely N-dealkylation sites (tertiary alicyclic amines) is 1. The van der Waals surface area contributed by atoms with Crippen molar-refractivity contribution in [2.75, 3.05) is 39.3 Å². The van der Waals surface area contributed by atoms with Gasteiger partial charge in [-0.15, -0.1) is 0 Å². The molecule has 0 aromatic rings. The zero-order valence-corrected chi connectivity index (χ0v) is 16.0. The van der Waals surface area contributed by atoms with Crippen molar-refractivity contribution >= 4 is 5.96 Å². The summed E-state index contributed by atoms with van der Waals surface area (Å²) in [5.74, 6) is 1.29. The van der Waals surface area contributed by atoms with E-state index in [0.717, 1.165) is 32.7 Å². The first kappa shape index (κ1) is 20.2. The number of likely N-dealkylation sites (N-methyl/N-ethyl adjacent to an activating group) is 2. The fourth-order valence-corrected chi connectivity index (χ4v) is 3.65. The Bertz CT molecular complexity index is 338. The maximum absolute atomic E-state index is 6.10. The largest absolute Gasteiger partial charge is 0.370 e. The molecule has 2 atom stereocenters. The van der Waals surface area contributed by atoms with Gasteiger partial charge in [0.2, 0.25) is 0 Å². The van der Waals surface area contributed by atoms with Gasteiger partial charge in [0, 0.05) is 18.6 Å². The van der Waals surface area contributed by atoms with E-state index in [0.29, 0.717) is 24.0 Å². The van der Waals surface area contributed by atoms with Crippen LogP contribution in [0, 0.1) is 5.92 Å². The maximum atomic E-state index is 6.10. The molecular formula is C18H39N5. The highest BCUT2D eigenvalue weighted by molar-refractivity contribution is 5.77. The number of hydrogen-bond acceptors (Lipinski definition) is 3. The van der Waals surface area contributed by atoms with Gasteiger partial charge in [-0.25, -0.2) is 0 Å². The summed E-state index contributed by atoms with van der Waals surface area (Å²) >= 11 is 0. The van der Waals surface area contributed by atoms with Gasteiger partial charge in [0.1, 0.15) is 0 Å². The van der Waals surface area contributed by atoms with Crippen molar-refractivity contribution < 1.29 is 0 Å². The van der Waals surface area contributed by atoms with E-state index in [2.05, 4.69) is 54.7 Å². The Balaban J connectivity index is 2.47. The van der Waals surface area contributed by atoms with E-state index in [1.54, 1.807) is 0 Å². The molecule has 1 heterocycles. The Hall–Kier alpha value is -0.810. The molecule has 0 saturated carbocycles. The van der Waals surface area contributed by atoms with Crippen molar-refractivity contribution in [1.29, 1.82) is 0 Å². The highest BCUT2D eigenvalue weighted by Gasteiger charge is 2.22. The van der Waals surface area contributed by atoms with Crippen molar-refractivity contribution in [3.8, 4) is 0 Å². The van der Waals surface area contributed by atoms with Crippen LogP contribution >= 0.6 is 0 Å². The molecule has 1 fully saturated rings. The minimum absolute atomic E-state index is 0.490. The summed E-state index contributed by atoms with van der Waals surface area (Å²) < 4.78 is 0. The minimum atomic E-state index is 0.490. The SMILES string of the molecule is CCN(CC)C(CN=C(N)NCC1CCCN1CC)CC(C)C. The van der Waals surface area contributed by atoms with Gasteiger partial charge in [-0.05, 0) is 51.4 Å². The van der Waals surface area contributed by atoms with Crippen molar-refractivity contribution in [3.63, 3.8) is 0 Å². The van der Waals surface area contributed by atoms with E-state index in [4.69, 9.17) is 5.73 Å². The third-order valence-electron chi connectivity index (χ3n) is 4.97.